The first-order valence-corrected chi connectivity index (χ1v) is 18.2. The van der Waals surface area contributed by atoms with Crippen LogP contribution >= 0.6 is 0 Å². The number of nitrogens with zero attached hydrogens (tertiary/aromatic N) is 2. The Labute approximate surface area is 296 Å². The molecule has 5 aliphatic rings. The summed E-state index contributed by atoms with van der Waals surface area (Å²) in [6, 6.07) is 33.3. The van der Waals surface area contributed by atoms with Gasteiger partial charge in [0.25, 0.3) is 0 Å². The third kappa shape index (κ3) is 4.62. The van der Waals surface area contributed by atoms with Gasteiger partial charge in [-0.25, -0.2) is 0 Å². The molecule has 4 aromatic rings. The summed E-state index contributed by atoms with van der Waals surface area (Å²) in [7, 11) is 0. The Morgan fingerprint density at radius 3 is 2.56 bits per heavy atom. The number of para-hydroxylation sites is 1. The van der Waals surface area contributed by atoms with Gasteiger partial charge in [-0.2, -0.15) is 5.26 Å². The minimum Gasteiger partial charge on any atom is -0.487 e. The molecule has 4 aromatic carbocycles. The molecule has 0 saturated carbocycles. The van der Waals surface area contributed by atoms with Crippen molar-refractivity contribution in [3.05, 3.63) is 179 Å². The van der Waals surface area contributed by atoms with Crippen molar-refractivity contribution in [3.63, 3.8) is 0 Å². The number of benzene rings is 4. The highest BCUT2D eigenvalue weighted by Crippen LogP contribution is 2.57. The van der Waals surface area contributed by atoms with E-state index < -0.39 is 0 Å². The quantitative estimate of drug-likeness (QED) is 0.202. The molecule has 246 valence electrons. The van der Waals surface area contributed by atoms with Crippen LogP contribution in [0.15, 0.2) is 145 Å². The zero-order valence-corrected chi connectivity index (χ0v) is 29.0. The Balaban J connectivity index is 1.11. The molecule has 0 aromatic heterocycles. The number of anilines is 1. The largest absolute Gasteiger partial charge is 0.487 e. The molecule has 3 aliphatic carbocycles. The molecular formula is C47H42N2O. The van der Waals surface area contributed by atoms with E-state index in [4.69, 9.17) is 4.74 Å². The number of rotatable bonds is 5. The van der Waals surface area contributed by atoms with Gasteiger partial charge >= 0.3 is 0 Å². The van der Waals surface area contributed by atoms with Crippen molar-refractivity contribution >= 4 is 5.69 Å². The molecule has 50 heavy (non-hydrogen) atoms. The van der Waals surface area contributed by atoms with Gasteiger partial charge in [0.2, 0.25) is 0 Å². The minimum absolute atomic E-state index is 0.0308. The van der Waals surface area contributed by atoms with E-state index in [0.717, 1.165) is 40.8 Å². The second-order valence-electron chi connectivity index (χ2n) is 14.8. The molecule has 3 nitrogen and oxygen atoms in total. The van der Waals surface area contributed by atoms with Crippen molar-refractivity contribution in [2.75, 3.05) is 4.90 Å². The molecule has 0 N–H and O–H groups in total. The molecule has 7 atom stereocenters. The molecule has 0 radical (unpaired) electrons. The summed E-state index contributed by atoms with van der Waals surface area (Å²) in [5, 5.41) is 10.5. The topological polar surface area (TPSA) is 36.3 Å². The second kappa shape index (κ2) is 11.9. The lowest BCUT2D eigenvalue weighted by Crippen LogP contribution is -2.54. The third-order valence-corrected chi connectivity index (χ3v) is 12.1. The number of allylic oxidation sites excluding steroid dienone is 7. The maximum Gasteiger partial charge on any atom is 0.131 e. The maximum absolute atomic E-state index is 10.5. The van der Waals surface area contributed by atoms with Crippen LogP contribution in [0.4, 0.5) is 5.69 Å². The van der Waals surface area contributed by atoms with Crippen LogP contribution in [0.1, 0.15) is 77.8 Å². The Hall–Kier alpha value is -5.33. The van der Waals surface area contributed by atoms with Gasteiger partial charge in [-0.15, -0.1) is 0 Å². The van der Waals surface area contributed by atoms with Crippen molar-refractivity contribution in [1.29, 1.82) is 5.26 Å². The standard InChI is InChI=1S/C47H42N2O/c1-30-14-7-8-18-35(30)38-20-10-9-19-36(38)31(2)44-33(29-48)15-13-21-37(44)32-24-25-43-40(28-32)39-26-27-47(3)41-22-11-12-23-42(41)49(46(47)45(39)50-43)34-16-5-4-6-17-34/h5,7-28,31,36,38-39,45-46H,4,6H2,1-3H3/t31-,36?,38?,39?,45?,46?,47?/m1/s1. The van der Waals surface area contributed by atoms with Crippen LogP contribution in [-0.2, 0) is 5.41 Å². The number of fused-ring (bicyclic) bond motifs is 7. The highest BCUT2D eigenvalue weighted by atomic mass is 16.5. The molecule has 3 heteroatoms. The number of hydrogen-bond acceptors (Lipinski definition) is 3. The Kier molecular flexibility index (Phi) is 7.32. The lowest BCUT2D eigenvalue weighted by molar-refractivity contribution is 0.153. The smallest absolute Gasteiger partial charge is 0.131 e. The zero-order valence-electron chi connectivity index (χ0n) is 29.0. The SMILES string of the molecule is Cc1ccccc1C1C=CC=CC1[C@@H](C)c1c(C#N)cccc1-c1ccc2c(c1)C1C=CC3(C)c4ccccc4N(C4=CCCC=C4)C3C1O2. The van der Waals surface area contributed by atoms with Crippen LogP contribution in [-0.4, -0.2) is 12.1 Å². The predicted molar refractivity (Wildman–Crippen MR) is 204 cm³/mol. The van der Waals surface area contributed by atoms with Crippen LogP contribution in [0.2, 0.25) is 0 Å². The maximum atomic E-state index is 10.5. The molecule has 2 heterocycles. The lowest BCUT2D eigenvalue weighted by Gasteiger charge is -2.43. The van der Waals surface area contributed by atoms with Gasteiger partial charge in [-0.3, -0.25) is 0 Å². The van der Waals surface area contributed by atoms with Crippen LogP contribution in [0, 0.1) is 24.2 Å². The monoisotopic (exact) mass is 650 g/mol. The summed E-state index contributed by atoms with van der Waals surface area (Å²) < 4.78 is 7.01. The van der Waals surface area contributed by atoms with Crippen molar-refractivity contribution in [2.24, 2.45) is 5.92 Å². The fourth-order valence-corrected chi connectivity index (χ4v) is 9.70. The summed E-state index contributed by atoms with van der Waals surface area (Å²) in [4.78, 5) is 2.56. The van der Waals surface area contributed by atoms with Crippen LogP contribution < -0.4 is 9.64 Å². The summed E-state index contributed by atoms with van der Waals surface area (Å²) >= 11 is 0. The van der Waals surface area contributed by atoms with E-state index >= 15 is 0 Å². The van der Waals surface area contributed by atoms with E-state index in [0.29, 0.717) is 0 Å². The highest BCUT2D eigenvalue weighted by molar-refractivity contribution is 5.76. The Morgan fingerprint density at radius 2 is 1.72 bits per heavy atom. The summed E-state index contributed by atoms with van der Waals surface area (Å²) in [5.74, 6) is 1.66. The highest BCUT2D eigenvalue weighted by Gasteiger charge is 2.57. The van der Waals surface area contributed by atoms with Crippen molar-refractivity contribution in [3.8, 4) is 22.9 Å². The Morgan fingerprint density at radius 1 is 0.880 bits per heavy atom. The first-order chi connectivity index (χ1) is 24.5. The molecule has 2 aliphatic heterocycles. The first-order valence-electron chi connectivity index (χ1n) is 18.2. The fraction of sp³-hybridized carbons (Fsp3) is 0.255. The molecule has 0 bridgehead atoms. The number of nitriles is 1. The predicted octanol–water partition coefficient (Wildman–Crippen LogP) is 11.0. The van der Waals surface area contributed by atoms with E-state index in [1.165, 1.54) is 33.6 Å². The van der Waals surface area contributed by atoms with Crippen molar-refractivity contribution in [2.45, 2.75) is 68.9 Å². The van der Waals surface area contributed by atoms with Gasteiger partial charge in [0.15, 0.2) is 0 Å². The number of hydrogen-bond donors (Lipinski definition) is 0. The van der Waals surface area contributed by atoms with Gasteiger partial charge < -0.3 is 9.64 Å². The molecule has 0 fully saturated rings. The van der Waals surface area contributed by atoms with Crippen molar-refractivity contribution in [1.82, 2.24) is 0 Å². The molecule has 9 rings (SSSR count). The summed E-state index contributed by atoms with van der Waals surface area (Å²) in [6.07, 6.45) is 23.0. The van der Waals surface area contributed by atoms with Crippen LogP contribution in [0.5, 0.6) is 5.75 Å². The van der Waals surface area contributed by atoms with Gasteiger partial charge in [-0.1, -0.05) is 116 Å². The summed E-state index contributed by atoms with van der Waals surface area (Å²) in [5.41, 5.74) is 11.8. The lowest BCUT2D eigenvalue weighted by atomic mass is 9.68. The molecule has 0 amide bonds. The van der Waals surface area contributed by atoms with Gasteiger partial charge in [0, 0.05) is 34.2 Å². The summed E-state index contributed by atoms with van der Waals surface area (Å²) in [6.45, 7) is 6.89. The van der Waals surface area contributed by atoms with Gasteiger partial charge in [0.05, 0.1) is 17.7 Å². The van der Waals surface area contributed by atoms with Crippen molar-refractivity contribution < 1.29 is 4.74 Å². The normalized spacial score (nSPS) is 27.4. The Bertz CT molecular complexity index is 2210. The second-order valence-corrected chi connectivity index (χ2v) is 14.8. The molecular weight excluding hydrogens is 609 g/mol. The molecule has 6 unspecified atom stereocenters. The van der Waals surface area contributed by atoms with E-state index in [-0.39, 0.29) is 41.2 Å². The first kappa shape index (κ1) is 30.7. The van der Waals surface area contributed by atoms with Gasteiger partial charge in [-0.05, 0) is 102 Å². The number of aryl methyl sites for hydroxylation is 1. The zero-order chi connectivity index (χ0) is 34.0. The average Bonchev–Trinajstić information content (AvgIpc) is 3.67. The van der Waals surface area contributed by atoms with Crippen LogP contribution in [0.3, 0.4) is 0 Å². The van der Waals surface area contributed by atoms with Gasteiger partial charge in [0.1, 0.15) is 11.9 Å². The fourth-order valence-electron chi connectivity index (χ4n) is 9.70. The van der Waals surface area contributed by atoms with E-state index in [2.05, 4.69) is 159 Å². The van der Waals surface area contributed by atoms with E-state index in [9.17, 15) is 5.26 Å². The molecule has 0 spiro atoms. The number of ether oxygens (including phenoxy) is 1. The minimum atomic E-state index is -0.173. The van der Waals surface area contributed by atoms with E-state index in [1.807, 2.05) is 12.1 Å². The average molecular weight is 651 g/mol. The van der Waals surface area contributed by atoms with E-state index in [1.54, 1.807) is 0 Å². The molecule has 0 saturated heterocycles. The third-order valence-electron chi connectivity index (χ3n) is 12.1. The van der Waals surface area contributed by atoms with Crippen LogP contribution in [0.25, 0.3) is 11.1 Å².